The molecule has 0 atom stereocenters. The van der Waals surface area contributed by atoms with Crippen molar-refractivity contribution in [1.82, 2.24) is 0 Å². The maximum absolute atomic E-state index is 6.05. The molecule has 17 heavy (non-hydrogen) atoms. The Balaban J connectivity index is 2.05. The molecule has 2 aromatic rings. The molecule has 0 aliphatic rings. The van der Waals surface area contributed by atoms with E-state index in [0.29, 0.717) is 10.8 Å². The average Bonchev–Trinajstić information content (AvgIpc) is 2.72. The van der Waals surface area contributed by atoms with E-state index in [0.717, 1.165) is 16.7 Å². The molecule has 0 radical (unpaired) electrons. The van der Waals surface area contributed by atoms with Crippen molar-refractivity contribution in [2.75, 3.05) is 12.4 Å². The van der Waals surface area contributed by atoms with Crippen LogP contribution >= 0.6 is 38.9 Å². The van der Waals surface area contributed by atoms with Crippen molar-refractivity contribution in [3.63, 3.8) is 0 Å². The van der Waals surface area contributed by atoms with E-state index >= 15 is 0 Å². The van der Waals surface area contributed by atoms with Crippen LogP contribution in [0, 0.1) is 0 Å². The highest BCUT2D eigenvalue weighted by Crippen LogP contribution is 2.28. The number of methoxy groups -OCH3 is 1. The highest BCUT2D eigenvalue weighted by Gasteiger charge is 2.03. The summed E-state index contributed by atoms with van der Waals surface area (Å²) in [6.45, 7) is 0.779. The second-order valence-electron chi connectivity index (χ2n) is 3.39. The lowest BCUT2D eigenvalue weighted by molar-refractivity contribution is 0.415. The monoisotopic (exact) mass is 331 g/mol. The van der Waals surface area contributed by atoms with Gasteiger partial charge in [-0.1, -0.05) is 11.6 Å². The minimum Gasteiger partial charge on any atom is -0.495 e. The van der Waals surface area contributed by atoms with Gasteiger partial charge in [0.05, 0.1) is 18.7 Å². The summed E-state index contributed by atoms with van der Waals surface area (Å²) in [4.78, 5) is 1.26. The predicted octanol–water partition coefficient (Wildman–Crippen LogP) is 4.78. The molecule has 1 N–H and O–H groups in total. The second kappa shape index (κ2) is 5.76. The van der Waals surface area contributed by atoms with Crippen molar-refractivity contribution >= 4 is 44.6 Å². The van der Waals surface area contributed by atoms with E-state index in [1.54, 1.807) is 18.4 Å². The van der Waals surface area contributed by atoms with Crippen LogP contribution in [0.2, 0.25) is 5.02 Å². The number of hydrogen-bond acceptors (Lipinski definition) is 3. The van der Waals surface area contributed by atoms with E-state index in [1.807, 2.05) is 24.3 Å². The highest BCUT2D eigenvalue weighted by atomic mass is 79.9. The van der Waals surface area contributed by atoms with Crippen LogP contribution in [-0.2, 0) is 6.54 Å². The van der Waals surface area contributed by atoms with Crippen LogP contribution in [0.4, 0.5) is 5.69 Å². The van der Waals surface area contributed by atoms with E-state index in [2.05, 4.69) is 26.6 Å². The third-order valence-corrected chi connectivity index (χ3v) is 4.52. The first-order chi connectivity index (χ1) is 8.20. The Kier molecular flexibility index (Phi) is 4.31. The van der Waals surface area contributed by atoms with E-state index in [4.69, 9.17) is 16.3 Å². The van der Waals surface area contributed by atoms with Gasteiger partial charge in [0.1, 0.15) is 5.75 Å². The number of hydrogen-bond donors (Lipinski definition) is 1. The van der Waals surface area contributed by atoms with Crippen LogP contribution in [0.25, 0.3) is 0 Å². The van der Waals surface area contributed by atoms with Gasteiger partial charge in [-0.3, -0.25) is 0 Å². The Bertz CT molecular complexity index is 515. The summed E-state index contributed by atoms with van der Waals surface area (Å²) in [5.41, 5.74) is 0.983. The summed E-state index contributed by atoms with van der Waals surface area (Å²) >= 11 is 11.3. The number of rotatable bonds is 4. The Morgan fingerprint density at radius 2 is 2.24 bits per heavy atom. The molecule has 0 saturated heterocycles. The van der Waals surface area contributed by atoms with Gasteiger partial charge >= 0.3 is 0 Å². The van der Waals surface area contributed by atoms with Crippen molar-refractivity contribution in [2.45, 2.75) is 6.54 Å². The smallest absolute Gasteiger partial charge is 0.137 e. The van der Waals surface area contributed by atoms with E-state index in [1.165, 1.54) is 4.88 Å². The topological polar surface area (TPSA) is 21.3 Å². The summed E-state index contributed by atoms with van der Waals surface area (Å²) < 4.78 is 6.24. The number of thiophene rings is 1. The first-order valence-electron chi connectivity index (χ1n) is 5.00. The van der Waals surface area contributed by atoms with Crippen LogP contribution in [0.1, 0.15) is 4.88 Å². The van der Waals surface area contributed by atoms with Crippen LogP contribution in [0.15, 0.2) is 34.1 Å². The van der Waals surface area contributed by atoms with E-state index in [-0.39, 0.29) is 0 Å². The van der Waals surface area contributed by atoms with Gasteiger partial charge in [0.25, 0.3) is 0 Å². The second-order valence-corrected chi connectivity index (χ2v) is 5.66. The zero-order valence-corrected chi connectivity index (χ0v) is 12.3. The molecule has 1 heterocycles. The first-order valence-corrected chi connectivity index (χ1v) is 7.05. The molecule has 0 aliphatic carbocycles. The largest absolute Gasteiger partial charge is 0.495 e. The van der Waals surface area contributed by atoms with Crippen LogP contribution in [0.5, 0.6) is 5.75 Å². The maximum atomic E-state index is 6.05. The van der Waals surface area contributed by atoms with Gasteiger partial charge in [-0.2, -0.15) is 0 Å². The molecule has 2 rings (SSSR count). The molecule has 2 nitrogen and oxygen atoms in total. The zero-order valence-electron chi connectivity index (χ0n) is 9.17. The lowest BCUT2D eigenvalue weighted by atomic mass is 10.3. The van der Waals surface area contributed by atoms with Gasteiger partial charge in [0, 0.05) is 15.0 Å². The van der Waals surface area contributed by atoms with Gasteiger partial charge in [0.15, 0.2) is 0 Å². The van der Waals surface area contributed by atoms with Crippen molar-refractivity contribution in [2.24, 2.45) is 0 Å². The Labute approximate surface area is 118 Å². The average molecular weight is 333 g/mol. The van der Waals surface area contributed by atoms with Gasteiger partial charge < -0.3 is 10.1 Å². The Morgan fingerprint density at radius 3 is 2.82 bits per heavy atom. The van der Waals surface area contributed by atoms with Crippen LogP contribution in [-0.4, -0.2) is 7.11 Å². The third kappa shape index (κ3) is 3.15. The maximum Gasteiger partial charge on any atom is 0.137 e. The predicted molar refractivity (Wildman–Crippen MR) is 77.3 cm³/mol. The summed E-state index contributed by atoms with van der Waals surface area (Å²) in [6.07, 6.45) is 0. The third-order valence-electron chi connectivity index (χ3n) is 2.30. The number of ether oxygens (including phenoxy) is 1. The molecule has 1 aromatic heterocycles. The molecule has 0 saturated carbocycles. The molecule has 90 valence electrons. The highest BCUT2D eigenvalue weighted by molar-refractivity contribution is 9.10. The summed E-state index contributed by atoms with van der Waals surface area (Å²) in [7, 11) is 1.61. The van der Waals surface area contributed by atoms with Crippen molar-refractivity contribution in [1.29, 1.82) is 0 Å². The molecule has 0 unspecified atom stereocenters. The molecular formula is C12H11BrClNOS. The lowest BCUT2D eigenvalue weighted by Gasteiger charge is -2.08. The molecule has 0 fully saturated rings. The van der Waals surface area contributed by atoms with Crippen molar-refractivity contribution < 1.29 is 4.74 Å². The zero-order chi connectivity index (χ0) is 12.3. The van der Waals surface area contributed by atoms with Gasteiger partial charge in [-0.25, -0.2) is 0 Å². The summed E-state index contributed by atoms with van der Waals surface area (Å²) in [5, 5.41) is 5.99. The molecule has 0 amide bonds. The first kappa shape index (κ1) is 12.7. The van der Waals surface area contributed by atoms with Gasteiger partial charge in [0.2, 0.25) is 0 Å². The molecule has 0 aliphatic heterocycles. The lowest BCUT2D eigenvalue weighted by Crippen LogP contribution is -1.98. The van der Waals surface area contributed by atoms with Crippen molar-refractivity contribution in [3.8, 4) is 5.75 Å². The van der Waals surface area contributed by atoms with E-state index < -0.39 is 0 Å². The fourth-order valence-corrected chi connectivity index (χ4v) is 3.10. The summed E-state index contributed by atoms with van der Waals surface area (Å²) in [6, 6.07) is 7.71. The molecule has 5 heteroatoms. The normalized spacial score (nSPS) is 10.3. The Hall–Kier alpha value is -0.710. The number of halogens is 2. The Morgan fingerprint density at radius 1 is 1.41 bits per heavy atom. The number of benzene rings is 1. The minimum atomic E-state index is 0.614. The van der Waals surface area contributed by atoms with Crippen molar-refractivity contribution in [3.05, 3.63) is 44.0 Å². The van der Waals surface area contributed by atoms with Gasteiger partial charge in [-0.15, -0.1) is 11.3 Å². The van der Waals surface area contributed by atoms with Crippen LogP contribution < -0.4 is 10.1 Å². The molecule has 1 aromatic carbocycles. The van der Waals surface area contributed by atoms with Crippen LogP contribution in [0.3, 0.4) is 0 Å². The summed E-state index contributed by atoms with van der Waals surface area (Å²) in [5.74, 6) is 0.689. The SMILES string of the molecule is COc1ccc(NCc2sccc2Br)cc1Cl. The molecule has 0 spiro atoms. The van der Waals surface area contributed by atoms with Gasteiger partial charge in [-0.05, 0) is 45.6 Å². The van der Waals surface area contributed by atoms with E-state index in [9.17, 15) is 0 Å². The standard InChI is InChI=1S/C12H11BrClNOS/c1-16-11-3-2-8(6-10(11)14)15-7-12-9(13)4-5-17-12/h2-6,15H,7H2,1H3. The fraction of sp³-hybridized carbons (Fsp3) is 0.167. The minimum absolute atomic E-state index is 0.614. The number of anilines is 1. The quantitative estimate of drug-likeness (QED) is 0.869. The fourth-order valence-electron chi connectivity index (χ4n) is 1.41. The number of nitrogens with one attached hydrogen (secondary N) is 1. The molecular weight excluding hydrogens is 322 g/mol. The molecule has 0 bridgehead atoms.